The van der Waals surface area contributed by atoms with Gasteiger partial charge in [0.05, 0.1) is 10.6 Å². The van der Waals surface area contributed by atoms with Crippen LogP contribution in [0.2, 0.25) is 0 Å². The Labute approximate surface area is 101 Å². The minimum absolute atomic E-state index is 0.142. The van der Waals surface area contributed by atoms with E-state index in [-0.39, 0.29) is 11.4 Å². The van der Waals surface area contributed by atoms with Gasteiger partial charge in [-0.1, -0.05) is 6.07 Å². The van der Waals surface area contributed by atoms with Crippen LogP contribution in [0, 0.1) is 21.4 Å². The van der Waals surface area contributed by atoms with Crippen molar-refractivity contribution in [1.82, 2.24) is 5.43 Å². The van der Waals surface area contributed by atoms with E-state index in [4.69, 9.17) is 11.1 Å². The summed E-state index contributed by atoms with van der Waals surface area (Å²) in [5.74, 6) is 3.97. The van der Waals surface area contributed by atoms with Gasteiger partial charge < -0.3 is 0 Å². The van der Waals surface area contributed by atoms with Crippen LogP contribution in [0.1, 0.15) is 0 Å². The molecule has 0 saturated carbocycles. The Hall–Kier alpha value is -2.99. The van der Waals surface area contributed by atoms with Gasteiger partial charge >= 0.3 is 0 Å². The Morgan fingerprint density at radius 2 is 2.28 bits per heavy atom. The first-order valence-electron chi connectivity index (χ1n) is 4.57. The third kappa shape index (κ3) is 3.26. The number of nitro benzene ring substituents is 1. The third-order valence-corrected chi connectivity index (χ3v) is 1.81. The lowest BCUT2D eigenvalue weighted by Gasteiger charge is -2.00. The monoisotopic (exact) mass is 248 g/mol. The van der Waals surface area contributed by atoms with Crippen LogP contribution >= 0.6 is 0 Å². The van der Waals surface area contributed by atoms with Crippen LogP contribution in [0.4, 0.5) is 11.4 Å². The van der Waals surface area contributed by atoms with Crippen LogP contribution in [-0.4, -0.2) is 16.5 Å². The molecule has 0 atom stereocenters. The summed E-state index contributed by atoms with van der Waals surface area (Å²) in [6.45, 7) is 0. The number of hydrogen-bond acceptors (Lipinski definition) is 7. The van der Waals surface area contributed by atoms with E-state index in [2.05, 4.69) is 10.5 Å². The maximum atomic E-state index is 11.0. The normalized spacial score (nSPS) is 10.3. The highest BCUT2D eigenvalue weighted by atomic mass is 16.6. The van der Waals surface area contributed by atoms with E-state index in [0.29, 0.717) is 0 Å². The number of amides is 1. The minimum Gasteiger partial charge on any atom is -0.288 e. The number of hydrazone groups is 1. The molecule has 18 heavy (non-hydrogen) atoms. The molecule has 4 N–H and O–H groups in total. The number of nitro groups is 1. The second-order valence-corrected chi connectivity index (χ2v) is 2.96. The summed E-state index contributed by atoms with van der Waals surface area (Å²) < 4.78 is 0. The number of nitrogens with one attached hydrogen (secondary N) is 2. The van der Waals surface area contributed by atoms with E-state index in [1.165, 1.54) is 30.3 Å². The second kappa shape index (κ2) is 5.92. The van der Waals surface area contributed by atoms with Crippen LogP contribution in [0.15, 0.2) is 29.4 Å². The fourth-order valence-electron chi connectivity index (χ4n) is 1.00. The molecule has 0 saturated heterocycles. The van der Waals surface area contributed by atoms with Gasteiger partial charge in [-0.05, 0) is 6.07 Å². The molecule has 9 nitrogen and oxygen atoms in total. The van der Waals surface area contributed by atoms with E-state index in [1.54, 1.807) is 5.43 Å². The molecule has 1 aromatic carbocycles. The van der Waals surface area contributed by atoms with Gasteiger partial charge in [-0.15, -0.1) is 0 Å². The lowest BCUT2D eigenvalue weighted by atomic mass is 10.3. The largest absolute Gasteiger partial charge is 0.296 e. The first-order valence-corrected chi connectivity index (χ1v) is 4.57. The van der Waals surface area contributed by atoms with Crippen molar-refractivity contribution in [3.63, 3.8) is 0 Å². The number of anilines is 1. The molecule has 0 unspecified atom stereocenters. The Bertz CT molecular complexity index is 547. The molecule has 0 heterocycles. The molecule has 0 aliphatic rings. The van der Waals surface area contributed by atoms with Crippen molar-refractivity contribution in [3.8, 4) is 6.07 Å². The van der Waals surface area contributed by atoms with E-state index in [0.717, 1.165) is 0 Å². The molecule has 1 aromatic rings. The van der Waals surface area contributed by atoms with Crippen molar-refractivity contribution in [2.24, 2.45) is 10.9 Å². The maximum Gasteiger partial charge on any atom is 0.296 e. The Morgan fingerprint density at radius 1 is 1.56 bits per heavy atom. The third-order valence-electron chi connectivity index (χ3n) is 1.81. The van der Waals surface area contributed by atoms with E-state index < -0.39 is 16.5 Å². The SMILES string of the molecule is N#C/C(=N\Nc1cccc([N+](=O)[O-])c1)C(=O)NN. The quantitative estimate of drug-likeness (QED) is 0.222. The maximum absolute atomic E-state index is 11.0. The number of nitrogens with two attached hydrogens (primary N) is 1. The number of non-ortho nitro benzene ring substituents is 1. The van der Waals surface area contributed by atoms with Crippen LogP contribution in [0.3, 0.4) is 0 Å². The molecule has 0 aromatic heterocycles. The van der Waals surface area contributed by atoms with Gasteiger partial charge in [-0.25, -0.2) is 5.84 Å². The molecule has 0 radical (unpaired) electrons. The summed E-state index contributed by atoms with van der Waals surface area (Å²) >= 11 is 0. The molecule has 0 fully saturated rings. The van der Waals surface area contributed by atoms with Crippen LogP contribution in [-0.2, 0) is 4.79 Å². The second-order valence-electron chi connectivity index (χ2n) is 2.96. The predicted molar refractivity (Wildman–Crippen MR) is 62.1 cm³/mol. The fraction of sp³-hybridized carbons (Fsp3) is 0. The molecule has 0 spiro atoms. The zero-order valence-electron chi connectivity index (χ0n) is 8.95. The molecule has 1 rings (SSSR count). The highest BCUT2D eigenvalue weighted by molar-refractivity contribution is 6.45. The Kier molecular flexibility index (Phi) is 4.30. The smallest absolute Gasteiger partial charge is 0.288 e. The average Bonchev–Trinajstić information content (AvgIpc) is 2.39. The van der Waals surface area contributed by atoms with Gasteiger partial charge in [-0.3, -0.25) is 25.8 Å². The summed E-state index contributed by atoms with van der Waals surface area (Å²) in [4.78, 5) is 20.9. The summed E-state index contributed by atoms with van der Waals surface area (Å²) in [6.07, 6.45) is 0. The first-order chi connectivity index (χ1) is 8.58. The lowest BCUT2D eigenvalue weighted by molar-refractivity contribution is -0.384. The van der Waals surface area contributed by atoms with Gasteiger partial charge in [0.25, 0.3) is 11.6 Å². The molecule has 0 aliphatic heterocycles. The van der Waals surface area contributed by atoms with Crippen molar-refractivity contribution in [3.05, 3.63) is 34.4 Å². The molecule has 92 valence electrons. The van der Waals surface area contributed by atoms with Crippen molar-refractivity contribution >= 4 is 23.0 Å². The number of carbonyl (C=O) groups is 1. The van der Waals surface area contributed by atoms with Crippen molar-refractivity contribution in [2.75, 3.05) is 5.43 Å². The summed E-state index contributed by atoms with van der Waals surface area (Å²) in [7, 11) is 0. The number of benzene rings is 1. The summed E-state index contributed by atoms with van der Waals surface area (Å²) in [5, 5.41) is 22.6. The highest BCUT2D eigenvalue weighted by Crippen LogP contribution is 2.16. The van der Waals surface area contributed by atoms with Crippen molar-refractivity contribution in [1.29, 1.82) is 5.26 Å². The molecular weight excluding hydrogens is 240 g/mol. The number of hydrazine groups is 1. The number of nitriles is 1. The van der Waals surface area contributed by atoms with Crippen LogP contribution < -0.4 is 16.7 Å². The standard InChI is InChI=1S/C9H8N6O3/c10-5-8(9(16)12-11)14-13-6-2-1-3-7(4-6)15(17)18/h1-4,13H,11H2,(H,12,16)/b14-8+. The molecular formula is C9H8N6O3. The van der Waals surface area contributed by atoms with Gasteiger partial charge in [0.2, 0.25) is 5.71 Å². The van der Waals surface area contributed by atoms with Gasteiger partial charge in [0.1, 0.15) is 6.07 Å². The zero-order chi connectivity index (χ0) is 13.5. The zero-order valence-corrected chi connectivity index (χ0v) is 8.95. The summed E-state index contributed by atoms with van der Waals surface area (Å²) in [5.41, 5.74) is 3.72. The van der Waals surface area contributed by atoms with E-state index >= 15 is 0 Å². The van der Waals surface area contributed by atoms with Crippen molar-refractivity contribution < 1.29 is 9.72 Å². The van der Waals surface area contributed by atoms with Crippen LogP contribution in [0.5, 0.6) is 0 Å². The molecule has 0 aliphatic carbocycles. The Balaban J connectivity index is 2.89. The number of rotatable bonds is 4. The minimum atomic E-state index is -0.865. The van der Waals surface area contributed by atoms with Gasteiger partial charge in [0, 0.05) is 12.1 Å². The number of nitrogens with zero attached hydrogens (tertiary/aromatic N) is 3. The average molecular weight is 248 g/mol. The molecule has 1 amide bonds. The van der Waals surface area contributed by atoms with E-state index in [1.807, 2.05) is 0 Å². The highest BCUT2D eigenvalue weighted by Gasteiger charge is 2.09. The molecule has 0 bridgehead atoms. The van der Waals surface area contributed by atoms with E-state index in [9.17, 15) is 14.9 Å². The van der Waals surface area contributed by atoms with Crippen molar-refractivity contribution in [2.45, 2.75) is 0 Å². The first kappa shape index (κ1) is 13.1. The summed E-state index contributed by atoms with van der Waals surface area (Å²) in [6, 6.07) is 6.95. The Morgan fingerprint density at radius 3 is 2.83 bits per heavy atom. The molecule has 9 heteroatoms. The number of hydrogen-bond donors (Lipinski definition) is 3. The topological polar surface area (TPSA) is 146 Å². The predicted octanol–water partition coefficient (Wildman–Crippen LogP) is -0.124. The fourth-order valence-corrected chi connectivity index (χ4v) is 1.00. The van der Waals surface area contributed by atoms with Crippen LogP contribution in [0.25, 0.3) is 0 Å². The lowest BCUT2D eigenvalue weighted by Crippen LogP contribution is -2.36. The van der Waals surface area contributed by atoms with Gasteiger partial charge in [-0.2, -0.15) is 10.4 Å². The van der Waals surface area contributed by atoms with Gasteiger partial charge in [0.15, 0.2) is 0 Å². The number of carbonyl (C=O) groups excluding carboxylic acids is 1.